The van der Waals surface area contributed by atoms with Crippen molar-refractivity contribution < 1.29 is 18.7 Å². The molecule has 2 rings (SSSR count). The van der Waals surface area contributed by atoms with Gasteiger partial charge in [-0.15, -0.1) is 0 Å². The van der Waals surface area contributed by atoms with Gasteiger partial charge >= 0.3 is 5.97 Å². The Hall–Kier alpha value is -2.21. The predicted octanol–water partition coefficient (Wildman–Crippen LogP) is 3.57. The zero-order valence-corrected chi connectivity index (χ0v) is 14.2. The highest BCUT2D eigenvalue weighted by Crippen LogP contribution is 2.24. The van der Waals surface area contributed by atoms with Crippen LogP contribution in [0.1, 0.15) is 22.0 Å². The molecule has 1 atom stereocenters. The smallest absolute Gasteiger partial charge is 0.340 e. The van der Waals surface area contributed by atoms with E-state index in [1.54, 1.807) is 44.4 Å². The molecular weight excluding hydrogens is 365 g/mol. The first-order valence-electron chi connectivity index (χ1n) is 6.82. The number of ether oxygens (including phenoxy) is 1. The summed E-state index contributed by atoms with van der Waals surface area (Å²) in [5.74, 6) is -1.71. The molecule has 2 aromatic rings. The second kappa shape index (κ2) is 7.37. The van der Waals surface area contributed by atoms with Gasteiger partial charge in [0.1, 0.15) is 5.82 Å². The summed E-state index contributed by atoms with van der Waals surface area (Å²) >= 11 is 3.18. The van der Waals surface area contributed by atoms with Gasteiger partial charge in [0.05, 0.1) is 5.56 Å². The molecule has 0 bridgehead atoms. The van der Waals surface area contributed by atoms with Gasteiger partial charge in [-0.1, -0.05) is 30.3 Å². The lowest BCUT2D eigenvalue weighted by Gasteiger charge is -2.21. The summed E-state index contributed by atoms with van der Waals surface area (Å²) in [5.41, 5.74) is 0.574. The maximum absolute atomic E-state index is 13.4. The van der Waals surface area contributed by atoms with Crippen molar-refractivity contribution in [3.63, 3.8) is 0 Å². The van der Waals surface area contributed by atoms with Crippen LogP contribution in [0.15, 0.2) is 53.0 Å². The number of carbonyl (C=O) groups excluding carboxylic acids is 2. The van der Waals surface area contributed by atoms with E-state index in [1.165, 1.54) is 17.0 Å². The van der Waals surface area contributed by atoms with Crippen molar-refractivity contribution >= 4 is 27.8 Å². The van der Waals surface area contributed by atoms with Gasteiger partial charge in [0.2, 0.25) is 6.10 Å². The highest BCUT2D eigenvalue weighted by Gasteiger charge is 2.27. The summed E-state index contributed by atoms with van der Waals surface area (Å²) in [6.07, 6.45) is -1.09. The summed E-state index contributed by atoms with van der Waals surface area (Å²) in [4.78, 5) is 26.0. The van der Waals surface area contributed by atoms with Gasteiger partial charge in [-0.05, 0) is 34.1 Å². The van der Waals surface area contributed by atoms with Crippen molar-refractivity contribution in [3.05, 3.63) is 69.9 Å². The molecule has 0 spiro atoms. The lowest BCUT2D eigenvalue weighted by molar-refractivity contribution is -0.138. The van der Waals surface area contributed by atoms with Crippen LogP contribution < -0.4 is 0 Å². The standard InChI is InChI=1S/C17H15BrFNO3/c1-20(2)16(21)15(11-6-4-3-5-7-11)23-17(22)13-10-12(19)8-9-14(13)18/h3-10,15H,1-2H3/t15-/m1/s1. The lowest BCUT2D eigenvalue weighted by Crippen LogP contribution is -2.31. The minimum atomic E-state index is -1.09. The Labute approximate surface area is 142 Å². The van der Waals surface area contributed by atoms with Gasteiger partial charge in [0.25, 0.3) is 5.91 Å². The largest absolute Gasteiger partial charge is 0.444 e. The maximum atomic E-state index is 13.4. The molecule has 120 valence electrons. The summed E-state index contributed by atoms with van der Waals surface area (Å²) in [7, 11) is 3.15. The van der Waals surface area contributed by atoms with Crippen molar-refractivity contribution in [2.45, 2.75) is 6.10 Å². The fraction of sp³-hybridized carbons (Fsp3) is 0.176. The number of rotatable bonds is 4. The minimum Gasteiger partial charge on any atom is -0.444 e. The Bertz CT molecular complexity index is 719. The van der Waals surface area contributed by atoms with E-state index in [0.717, 1.165) is 6.07 Å². The fourth-order valence-corrected chi connectivity index (χ4v) is 2.36. The van der Waals surface area contributed by atoms with Crippen LogP contribution in [0.3, 0.4) is 0 Å². The normalized spacial score (nSPS) is 11.7. The quantitative estimate of drug-likeness (QED) is 0.762. The zero-order valence-electron chi connectivity index (χ0n) is 12.6. The van der Waals surface area contributed by atoms with Gasteiger partial charge < -0.3 is 9.64 Å². The SMILES string of the molecule is CN(C)C(=O)[C@H](OC(=O)c1cc(F)ccc1Br)c1ccccc1. The Morgan fingerprint density at radius 2 is 1.78 bits per heavy atom. The number of nitrogens with zero attached hydrogens (tertiary/aromatic N) is 1. The maximum Gasteiger partial charge on any atom is 0.340 e. The number of likely N-dealkylation sites (N-methyl/N-ethyl adjacent to an activating group) is 1. The van der Waals surface area contributed by atoms with Crippen molar-refractivity contribution in [2.75, 3.05) is 14.1 Å². The van der Waals surface area contributed by atoms with Crippen LogP contribution in [0.2, 0.25) is 0 Å². The van der Waals surface area contributed by atoms with Crippen LogP contribution in [0.25, 0.3) is 0 Å². The average Bonchev–Trinajstić information content (AvgIpc) is 2.54. The molecule has 0 radical (unpaired) electrons. The molecule has 0 N–H and O–H groups in total. The van der Waals surface area contributed by atoms with Crippen molar-refractivity contribution in [2.24, 2.45) is 0 Å². The first-order chi connectivity index (χ1) is 10.9. The molecule has 0 fully saturated rings. The van der Waals surface area contributed by atoms with E-state index in [-0.39, 0.29) is 11.5 Å². The van der Waals surface area contributed by atoms with E-state index in [2.05, 4.69) is 15.9 Å². The molecule has 4 nitrogen and oxygen atoms in total. The van der Waals surface area contributed by atoms with Gasteiger partial charge in [-0.25, -0.2) is 9.18 Å². The van der Waals surface area contributed by atoms with E-state index >= 15 is 0 Å². The molecule has 2 aromatic carbocycles. The van der Waals surface area contributed by atoms with Crippen molar-refractivity contribution in [1.82, 2.24) is 4.90 Å². The van der Waals surface area contributed by atoms with Crippen LogP contribution in [-0.2, 0) is 9.53 Å². The highest BCUT2D eigenvalue weighted by molar-refractivity contribution is 9.10. The number of amides is 1. The fourth-order valence-electron chi connectivity index (χ4n) is 1.95. The molecule has 23 heavy (non-hydrogen) atoms. The molecule has 0 unspecified atom stereocenters. The Balaban J connectivity index is 2.32. The monoisotopic (exact) mass is 379 g/mol. The van der Waals surface area contributed by atoms with Crippen LogP contribution in [0.4, 0.5) is 4.39 Å². The van der Waals surface area contributed by atoms with E-state index in [9.17, 15) is 14.0 Å². The average molecular weight is 380 g/mol. The topological polar surface area (TPSA) is 46.6 Å². The molecule has 0 aliphatic heterocycles. The Kier molecular flexibility index (Phi) is 5.50. The molecule has 0 saturated carbocycles. The Morgan fingerprint density at radius 3 is 2.39 bits per heavy atom. The van der Waals surface area contributed by atoms with Gasteiger partial charge in [0, 0.05) is 24.1 Å². The predicted molar refractivity (Wildman–Crippen MR) is 87.4 cm³/mol. The molecule has 1 amide bonds. The first kappa shape index (κ1) is 17.1. The van der Waals surface area contributed by atoms with E-state index < -0.39 is 17.9 Å². The zero-order chi connectivity index (χ0) is 17.0. The van der Waals surface area contributed by atoms with Crippen molar-refractivity contribution in [3.8, 4) is 0 Å². The number of hydrogen-bond donors (Lipinski definition) is 0. The Morgan fingerprint density at radius 1 is 1.13 bits per heavy atom. The molecule has 0 heterocycles. The van der Waals surface area contributed by atoms with Gasteiger partial charge in [-0.3, -0.25) is 4.79 Å². The van der Waals surface area contributed by atoms with Crippen LogP contribution in [-0.4, -0.2) is 30.9 Å². The van der Waals surface area contributed by atoms with Gasteiger partial charge in [0.15, 0.2) is 0 Å². The number of benzene rings is 2. The van der Waals surface area contributed by atoms with E-state index in [4.69, 9.17) is 4.74 Å². The number of carbonyl (C=O) groups is 2. The van der Waals surface area contributed by atoms with Crippen LogP contribution >= 0.6 is 15.9 Å². The molecule has 0 aliphatic rings. The third-order valence-electron chi connectivity index (χ3n) is 3.14. The van der Waals surface area contributed by atoms with Crippen LogP contribution in [0.5, 0.6) is 0 Å². The molecule has 0 aromatic heterocycles. The third kappa shape index (κ3) is 4.16. The van der Waals surface area contributed by atoms with Gasteiger partial charge in [-0.2, -0.15) is 0 Å². The minimum absolute atomic E-state index is 0.0255. The number of esters is 1. The summed E-state index contributed by atoms with van der Waals surface area (Å²) in [6.45, 7) is 0. The number of halogens is 2. The summed E-state index contributed by atoms with van der Waals surface area (Å²) < 4.78 is 19.1. The summed E-state index contributed by atoms with van der Waals surface area (Å²) in [5, 5.41) is 0. The highest BCUT2D eigenvalue weighted by atomic mass is 79.9. The molecule has 0 aliphatic carbocycles. The molecule has 6 heteroatoms. The third-order valence-corrected chi connectivity index (χ3v) is 3.83. The lowest BCUT2D eigenvalue weighted by atomic mass is 10.1. The molecule has 0 saturated heterocycles. The summed E-state index contributed by atoms with van der Waals surface area (Å²) in [6, 6.07) is 12.4. The van der Waals surface area contributed by atoms with E-state index in [0.29, 0.717) is 10.0 Å². The second-order valence-electron chi connectivity index (χ2n) is 5.05. The van der Waals surface area contributed by atoms with E-state index in [1.807, 2.05) is 0 Å². The molecular formula is C17H15BrFNO3. The second-order valence-corrected chi connectivity index (χ2v) is 5.91. The first-order valence-corrected chi connectivity index (χ1v) is 7.61. The van der Waals surface area contributed by atoms with Crippen molar-refractivity contribution in [1.29, 1.82) is 0 Å². The number of hydrogen-bond acceptors (Lipinski definition) is 3. The van der Waals surface area contributed by atoms with Crippen LogP contribution in [0, 0.1) is 5.82 Å².